The number of nitrogens with zero attached hydrogens (tertiary/aromatic N) is 2. The summed E-state index contributed by atoms with van der Waals surface area (Å²) in [5, 5.41) is 8.99. The molecule has 8 heteroatoms. The standard InChI is InChI=1S/C17H22N2O5S/c20-12-9-13-7-10-18(11-8-13)25(23,24)15-3-1-14(2-4-15)19-16(21)5-6-17(19)22/h1-4,13,20H,5-12H2. The van der Waals surface area contributed by atoms with Crippen molar-refractivity contribution in [1.82, 2.24) is 4.31 Å². The number of imide groups is 1. The summed E-state index contributed by atoms with van der Waals surface area (Å²) >= 11 is 0. The molecule has 0 aliphatic carbocycles. The van der Waals surface area contributed by atoms with Crippen LogP contribution in [-0.4, -0.2) is 49.3 Å². The Morgan fingerprint density at radius 2 is 1.56 bits per heavy atom. The van der Waals surface area contributed by atoms with Crippen molar-refractivity contribution in [1.29, 1.82) is 0 Å². The zero-order valence-corrected chi connectivity index (χ0v) is 14.7. The van der Waals surface area contributed by atoms with Gasteiger partial charge in [-0.1, -0.05) is 0 Å². The maximum absolute atomic E-state index is 12.7. The number of aliphatic hydroxyl groups is 1. The number of piperidine rings is 1. The molecule has 0 radical (unpaired) electrons. The van der Waals surface area contributed by atoms with Crippen LogP contribution < -0.4 is 4.90 Å². The summed E-state index contributed by atoms with van der Waals surface area (Å²) in [5.41, 5.74) is 0.410. The first-order valence-electron chi connectivity index (χ1n) is 8.50. The van der Waals surface area contributed by atoms with Crippen molar-refractivity contribution in [3.63, 3.8) is 0 Å². The second-order valence-electron chi connectivity index (χ2n) is 6.48. The first-order chi connectivity index (χ1) is 11.9. The molecular weight excluding hydrogens is 344 g/mol. The highest BCUT2D eigenvalue weighted by molar-refractivity contribution is 7.89. The largest absolute Gasteiger partial charge is 0.396 e. The molecule has 0 atom stereocenters. The number of carbonyl (C=O) groups is 2. The Bertz CT molecular complexity index is 736. The molecule has 2 saturated heterocycles. The highest BCUT2D eigenvalue weighted by atomic mass is 32.2. The lowest BCUT2D eigenvalue weighted by Crippen LogP contribution is -2.38. The Morgan fingerprint density at radius 1 is 1.00 bits per heavy atom. The third-order valence-corrected chi connectivity index (χ3v) is 6.81. The third kappa shape index (κ3) is 3.61. The third-order valence-electron chi connectivity index (χ3n) is 4.90. The van der Waals surface area contributed by atoms with E-state index < -0.39 is 10.0 Å². The maximum atomic E-state index is 12.7. The molecule has 1 aromatic rings. The average molecular weight is 366 g/mol. The Labute approximate surface area is 147 Å². The highest BCUT2D eigenvalue weighted by Gasteiger charge is 2.32. The predicted molar refractivity (Wildman–Crippen MR) is 91.4 cm³/mol. The molecule has 1 aromatic carbocycles. The summed E-state index contributed by atoms with van der Waals surface area (Å²) in [6, 6.07) is 5.91. The Kier molecular flexibility index (Phi) is 5.21. The van der Waals surface area contributed by atoms with Gasteiger partial charge in [0.2, 0.25) is 21.8 Å². The zero-order valence-electron chi connectivity index (χ0n) is 13.9. The fourth-order valence-corrected chi connectivity index (χ4v) is 4.87. The van der Waals surface area contributed by atoms with Crippen LogP contribution >= 0.6 is 0 Å². The number of carbonyl (C=O) groups excluding carboxylic acids is 2. The predicted octanol–water partition coefficient (Wildman–Crippen LogP) is 1.12. The van der Waals surface area contributed by atoms with Crippen molar-refractivity contribution < 1.29 is 23.1 Å². The smallest absolute Gasteiger partial charge is 0.243 e. The van der Waals surface area contributed by atoms with Crippen LogP contribution in [0.4, 0.5) is 5.69 Å². The van der Waals surface area contributed by atoms with Crippen molar-refractivity contribution in [3.8, 4) is 0 Å². The molecule has 3 rings (SSSR count). The lowest BCUT2D eigenvalue weighted by molar-refractivity contribution is -0.121. The number of hydrogen-bond acceptors (Lipinski definition) is 5. The number of rotatable bonds is 5. The molecule has 136 valence electrons. The van der Waals surface area contributed by atoms with Crippen molar-refractivity contribution in [2.24, 2.45) is 5.92 Å². The van der Waals surface area contributed by atoms with Gasteiger partial charge < -0.3 is 5.11 Å². The first-order valence-corrected chi connectivity index (χ1v) is 9.94. The van der Waals surface area contributed by atoms with E-state index in [-0.39, 0.29) is 36.2 Å². The van der Waals surface area contributed by atoms with Gasteiger partial charge >= 0.3 is 0 Å². The topological polar surface area (TPSA) is 95.0 Å². The molecule has 2 amide bonds. The summed E-state index contributed by atoms with van der Waals surface area (Å²) < 4.78 is 26.9. The van der Waals surface area contributed by atoms with Crippen LogP contribution in [0.2, 0.25) is 0 Å². The number of aliphatic hydroxyl groups excluding tert-OH is 1. The zero-order chi connectivity index (χ0) is 18.0. The Morgan fingerprint density at radius 3 is 2.08 bits per heavy atom. The van der Waals surface area contributed by atoms with E-state index >= 15 is 0 Å². The lowest BCUT2D eigenvalue weighted by atomic mass is 9.95. The van der Waals surface area contributed by atoms with E-state index in [1.54, 1.807) is 0 Å². The van der Waals surface area contributed by atoms with Gasteiger partial charge in [-0.2, -0.15) is 4.31 Å². The monoisotopic (exact) mass is 366 g/mol. The van der Waals surface area contributed by atoms with Crippen LogP contribution in [0, 0.1) is 5.92 Å². The molecule has 0 spiro atoms. The van der Waals surface area contributed by atoms with Gasteiger partial charge in [-0.25, -0.2) is 8.42 Å². The molecule has 2 fully saturated rings. The molecule has 2 aliphatic rings. The van der Waals surface area contributed by atoms with Gasteiger partial charge in [-0.05, 0) is 49.4 Å². The molecule has 1 N–H and O–H groups in total. The van der Waals surface area contributed by atoms with Gasteiger partial charge in [-0.3, -0.25) is 14.5 Å². The van der Waals surface area contributed by atoms with Crippen molar-refractivity contribution >= 4 is 27.5 Å². The molecular formula is C17H22N2O5S. The normalized spacial score (nSPS) is 20.4. The average Bonchev–Trinajstić information content (AvgIpc) is 2.94. The minimum atomic E-state index is -3.59. The molecule has 2 aliphatic heterocycles. The van der Waals surface area contributed by atoms with Crippen molar-refractivity contribution in [3.05, 3.63) is 24.3 Å². The first kappa shape index (κ1) is 18.0. The quantitative estimate of drug-likeness (QED) is 0.788. The van der Waals surface area contributed by atoms with Crippen LogP contribution in [0.5, 0.6) is 0 Å². The van der Waals surface area contributed by atoms with E-state index in [0.29, 0.717) is 31.1 Å². The Hall–Kier alpha value is -1.77. The second kappa shape index (κ2) is 7.23. The van der Waals surface area contributed by atoms with Crippen molar-refractivity contribution in [2.75, 3.05) is 24.6 Å². The van der Waals surface area contributed by atoms with Gasteiger partial charge in [0.05, 0.1) is 10.6 Å². The number of benzene rings is 1. The minimum absolute atomic E-state index is 0.132. The fraction of sp³-hybridized carbons (Fsp3) is 0.529. The molecule has 2 heterocycles. The van der Waals surface area contributed by atoms with Crippen LogP contribution in [0.15, 0.2) is 29.2 Å². The van der Waals surface area contributed by atoms with Gasteiger partial charge in [0.25, 0.3) is 0 Å². The SMILES string of the molecule is O=C1CCC(=O)N1c1ccc(S(=O)(=O)N2CCC(CCO)CC2)cc1. The molecule has 0 saturated carbocycles. The molecule has 25 heavy (non-hydrogen) atoms. The maximum Gasteiger partial charge on any atom is 0.243 e. The molecule has 7 nitrogen and oxygen atoms in total. The minimum Gasteiger partial charge on any atom is -0.396 e. The van der Waals surface area contributed by atoms with Gasteiger partial charge in [0.1, 0.15) is 0 Å². The van der Waals surface area contributed by atoms with Crippen LogP contribution in [0.25, 0.3) is 0 Å². The number of anilines is 1. The summed E-state index contributed by atoms with van der Waals surface area (Å²) in [6.07, 6.45) is 2.59. The van der Waals surface area contributed by atoms with E-state index in [1.807, 2.05) is 0 Å². The summed E-state index contributed by atoms with van der Waals surface area (Å²) in [5.74, 6) is -0.149. The molecule has 0 bridgehead atoms. The summed E-state index contributed by atoms with van der Waals surface area (Å²) in [7, 11) is -3.59. The number of sulfonamides is 1. The van der Waals surface area contributed by atoms with E-state index in [0.717, 1.165) is 17.7 Å². The van der Waals surface area contributed by atoms with Crippen LogP contribution in [-0.2, 0) is 19.6 Å². The van der Waals surface area contributed by atoms with E-state index in [9.17, 15) is 18.0 Å². The number of amides is 2. The lowest BCUT2D eigenvalue weighted by Gasteiger charge is -2.31. The second-order valence-corrected chi connectivity index (χ2v) is 8.41. The van der Waals surface area contributed by atoms with E-state index in [1.165, 1.54) is 28.6 Å². The van der Waals surface area contributed by atoms with Gasteiger partial charge in [0, 0.05) is 32.5 Å². The highest BCUT2D eigenvalue weighted by Crippen LogP contribution is 2.28. The summed E-state index contributed by atoms with van der Waals surface area (Å²) in [6.45, 7) is 1.02. The molecule has 0 aromatic heterocycles. The number of hydrogen-bond donors (Lipinski definition) is 1. The van der Waals surface area contributed by atoms with E-state index in [2.05, 4.69) is 0 Å². The van der Waals surface area contributed by atoms with Crippen LogP contribution in [0.1, 0.15) is 32.1 Å². The van der Waals surface area contributed by atoms with Crippen molar-refractivity contribution in [2.45, 2.75) is 37.0 Å². The van der Waals surface area contributed by atoms with Gasteiger partial charge in [0.15, 0.2) is 0 Å². The summed E-state index contributed by atoms with van der Waals surface area (Å²) in [4.78, 5) is 24.8. The fourth-order valence-electron chi connectivity index (χ4n) is 3.40. The van der Waals surface area contributed by atoms with Gasteiger partial charge in [-0.15, -0.1) is 0 Å². The molecule has 0 unspecified atom stereocenters. The van der Waals surface area contributed by atoms with Crippen LogP contribution in [0.3, 0.4) is 0 Å². The Balaban J connectivity index is 1.73. The van der Waals surface area contributed by atoms with E-state index in [4.69, 9.17) is 5.11 Å².